The van der Waals surface area contributed by atoms with Gasteiger partial charge in [0.1, 0.15) is 15.7 Å². The molecule has 10 heteroatoms. The lowest BCUT2D eigenvalue weighted by molar-refractivity contribution is -0.121. The first-order valence-electron chi connectivity index (χ1n) is 8.29. The zero-order valence-electron chi connectivity index (χ0n) is 15.0. The summed E-state index contributed by atoms with van der Waals surface area (Å²) in [6.45, 7) is 0.313. The Balaban J connectivity index is 1.58. The summed E-state index contributed by atoms with van der Waals surface area (Å²) >= 11 is 10.6. The van der Waals surface area contributed by atoms with Crippen LogP contribution in [0.4, 0.5) is 0 Å². The van der Waals surface area contributed by atoms with Crippen molar-refractivity contribution in [2.24, 2.45) is 0 Å². The molecule has 1 aliphatic rings. The number of rotatable bonds is 5. The number of sulfonamides is 1. The van der Waals surface area contributed by atoms with Gasteiger partial charge in [-0.05, 0) is 5.56 Å². The molecule has 7 nitrogen and oxygen atoms in total. The lowest BCUT2D eigenvalue weighted by Gasteiger charge is -2.22. The van der Waals surface area contributed by atoms with Gasteiger partial charge < -0.3 is 0 Å². The number of benzene rings is 2. The predicted molar refractivity (Wildman–Crippen MR) is 115 cm³/mol. The highest BCUT2D eigenvalue weighted by atomic mass is 32.2. The van der Waals surface area contributed by atoms with Crippen molar-refractivity contribution in [3.63, 3.8) is 0 Å². The van der Waals surface area contributed by atoms with Gasteiger partial charge in [0.25, 0.3) is 5.91 Å². The first-order chi connectivity index (χ1) is 13.3. The normalized spacial score (nSPS) is 13.2. The Bertz CT molecular complexity index is 1030. The van der Waals surface area contributed by atoms with Gasteiger partial charge >= 0.3 is 0 Å². The Hall–Kier alpha value is -2.40. The molecule has 1 amide bonds. The maximum atomic E-state index is 12.4. The van der Waals surface area contributed by atoms with E-state index in [1.807, 2.05) is 42.5 Å². The number of fused-ring (bicyclic) bond motifs is 1. The molecule has 1 heterocycles. The number of hydrogen-bond acceptors (Lipinski definition) is 5. The van der Waals surface area contributed by atoms with Crippen LogP contribution in [-0.4, -0.2) is 47.1 Å². The molecule has 0 radical (unpaired) electrons. The highest BCUT2D eigenvalue weighted by Gasteiger charge is 2.28. The van der Waals surface area contributed by atoms with E-state index < -0.39 is 21.7 Å². The van der Waals surface area contributed by atoms with Crippen LogP contribution in [0.1, 0.15) is 16.7 Å². The number of amides is 1. The average molecular weight is 435 g/mol. The molecular formula is C18H18N4O3S3. The van der Waals surface area contributed by atoms with Crippen molar-refractivity contribution in [2.45, 2.75) is 6.54 Å². The minimum Gasteiger partial charge on any atom is -0.280 e. The summed E-state index contributed by atoms with van der Waals surface area (Å²) < 4.78 is 24.8. The third-order valence-electron chi connectivity index (χ3n) is 4.01. The molecule has 2 aromatic carbocycles. The van der Waals surface area contributed by atoms with Crippen molar-refractivity contribution in [3.05, 3.63) is 71.3 Å². The van der Waals surface area contributed by atoms with E-state index >= 15 is 0 Å². The molecule has 28 heavy (non-hydrogen) atoms. The van der Waals surface area contributed by atoms with E-state index in [1.54, 1.807) is 19.2 Å². The smallest absolute Gasteiger partial charge is 0.255 e. The van der Waals surface area contributed by atoms with Gasteiger partial charge in [-0.3, -0.25) is 20.2 Å². The molecule has 0 atom stereocenters. The van der Waals surface area contributed by atoms with Gasteiger partial charge in [-0.25, -0.2) is 8.42 Å². The maximum absolute atomic E-state index is 12.4. The van der Waals surface area contributed by atoms with Gasteiger partial charge in [0, 0.05) is 18.2 Å². The van der Waals surface area contributed by atoms with Crippen molar-refractivity contribution < 1.29 is 13.2 Å². The van der Waals surface area contributed by atoms with Crippen molar-refractivity contribution in [3.8, 4) is 0 Å². The largest absolute Gasteiger partial charge is 0.280 e. The molecular weight excluding hydrogens is 416 g/mol. The molecule has 0 spiro atoms. The summed E-state index contributed by atoms with van der Waals surface area (Å²) in [4.78, 5) is 15.3. The summed E-state index contributed by atoms with van der Waals surface area (Å²) in [6, 6.07) is 16.5. The molecule has 0 saturated heterocycles. The van der Waals surface area contributed by atoms with Gasteiger partial charge in [0.2, 0.25) is 10.0 Å². The molecule has 0 aliphatic carbocycles. The zero-order valence-corrected chi connectivity index (χ0v) is 17.4. The van der Waals surface area contributed by atoms with Crippen molar-refractivity contribution in [2.75, 3.05) is 12.8 Å². The van der Waals surface area contributed by atoms with E-state index in [0.29, 0.717) is 16.5 Å². The molecule has 146 valence electrons. The van der Waals surface area contributed by atoms with Crippen molar-refractivity contribution in [1.82, 2.24) is 20.3 Å². The van der Waals surface area contributed by atoms with Gasteiger partial charge in [-0.15, -0.1) is 4.83 Å². The van der Waals surface area contributed by atoms with E-state index in [-0.39, 0.29) is 0 Å². The van der Waals surface area contributed by atoms with Crippen LogP contribution in [-0.2, 0) is 21.4 Å². The fraction of sp³-hybridized carbons (Fsp3) is 0.167. The summed E-state index contributed by atoms with van der Waals surface area (Å²) in [7, 11) is -2.39. The molecule has 3 rings (SSSR count). The Morgan fingerprint density at radius 2 is 1.79 bits per heavy atom. The second kappa shape index (κ2) is 8.31. The van der Waals surface area contributed by atoms with Crippen molar-refractivity contribution in [1.29, 1.82) is 0 Å². The van der Waals surface area contributed by atoms with Crippen LogP contribution >= 0.6 is 24.4 Å². The standard InChI is InChI=1S/C18H18N4O3S3/c1-21(17(26)13-7-3-2-4-8-13)19-16(23)12-28(24,25)20-22-11-14-9-5-6-10-15(14)18(22)27/h2-10,20H,11-12H2,1H3,(H,19,23). The number of hydrazine groups is 2. The van der Waals surface area contributed by atoms with Crippen LogP contribution in [0, 0.1) is 0 Å². The number of carbonyl (C=O) groups excluding carboxylic acids is 1. The van der Waals surface area contributed by atoms with Crippen LogP contribution < -0.4 is 10.3 Å². The first kappa shape index (κ1) is 20.3. The molecule has 0 bridgehead atoms. The quantitative estimate of drug-likeness (QED) is 0.543. The predicted octanol–water partition coefficient (Wildman–Crippen LogP) is 1.35. The second-order valence-electron chi connectivity index (χ2n) is 6.16. The summed E-state index contributed by atoms with van der Waals surface area (Å²) in [5.41, 5.74) is 4.93. The highest BCUT2D eigenvalue weighted by Crippen LogP contribution is 2.21. The van der Waals surface area contributed by atoms with Gasteiger partial charge in [0.05, 0.1) is 6.54 Å². The van der Waals surface area contributed by atoms with Gasteiger partial charge in [0.15, 0.2) is 0 Å². The molecule has 0 saturated carbocycles. The van der Waals surface area contributed by atoms with E-state index in [0.717, 1.165) is 16.7 Å². The molecule has 0 fully saturated rings. The van der Waals surface area contributed by atoms with E-state index in [1.165, 1.54) is 10.0 Å². The zero-order chi connectivity index (χ0) is 20.3. The number of thiocarbonyl (C=S) groups is 2. The topological polar surface area (TPSA) is 81.8 Å². The average Bonchev–Trinajstić information content (AvgIpc) is 2.96. The number of nitrogens with zero attached hydrogens (tertiary/aromatic N) is 2. The van der Waals surface area contributed by atoms with Crippen LogP contribution in [0.15, 0.2) is 54.6 Å². The maximum Gasteiger partial charge on any atom is 0.255 e. The SMILES string of the molecule is CN(NC(=O)CS(=O)(=O)NN1Cc2ccccc2C1=S)C(=S)c1ccccc1. The van der Waals surface area contributed by atoms with Crippen LogP contribution in [0.5, 0.6) is 0 Å². The lowest BCUT2D eigenvalue weighted by atomic mass is 10.1. The summed E-state index contributed by atoms with van der Waals surface area (Å²) in [5.74, 6) is -1.47. The van der Waals surface area contributed by atoms with Crippen molar-refractivity contribution >= 4 is 50.3 Å². The summed E-state index contributed by atoms with van der Waals surface area (Å²) in [5, 5.41) is 2.67. The van der Waals surface area contributed by atoms with Gasteiger partial charge in [-0.1, -0.05) is 79.0 Å². The van der Waals surface area contributed by atoms with Crippen LogP contribution in [0.2, 0.25) is 0 Å². The third kappa shape index (κ3) is 4.71. The molecule has 2 aromatic rings. The summed E-state index contributed by atoms with van der Waals surface area (Å²) in [6.07, 6.45) is 0. The molecule has 0 aromatic heterocycles. The lowest BCUT2D eigenvalue weighted by Crippen LogP contribution is -2.49. The van der Waals surface area contributed by atoms with Gasteiger partial charge in [-0.2, -0.15) is 0 Å². The van der Waals surface area contributed by atoms with Crippen LogP contribution in [0.25, 0.3) is 0 Å². The third-order valence-corrected chi connectivity index (χ3v) is 6.10. The van der Waals surface area contributed by atoms with E-state index in [2.05, 4.69) is 10.3 Å². The minimum atomic E-state index is -3.94. The molecule has 1 aliphatic heterocycles. The Labute approximate surface area is 174 Å². The Kier molecular flexibility index (Phi) is 6.04. The Morgan fingerprint density at radius 3 is 2.46 bits per heavy atom. The Morgan fingerprint density at radius 1 is 1.14 bits per heavy atom. The second-order valence-corrected chi connectivity index (χ2v) is 8.64. The minimum absolute atomic E-state index is 0.313. The fourth-order valence-electron chi connectivity index (χ4n) is 2.75. The molecule has 2 N–H and O–H groups in total. The fourth-order valence-corrected chi connectivity index (χ4v) is 4.26. The van der Waals surface area contributed by atoms with Crippen LogP contribution in [0.3, 0.4) is 0 Å². The van der Waals surface area contributed by atoms with E-state index in [9.17, 15) is 13.2 Å². The highest BCUT2D eigenvalue weighted by molar-refractivity contribution is 7.90. The number of hydrogen-bond donors (Lipinski definition) is 2. The van der Waals surface area contributed by atoms with E-state index in [4.69, 9.17) is 24.4 Å². The first-order valence-corrected chi connectivity index (χ1v) is 10.8. The monoisotopic (exact) mass is 434 g/mol. The molecule has 0 unspecified atom stereocenters. The number of carbonyl (C=O) groups is 1. The number of nitrogens with one attached hydrogen (secondary N) is 2.